The van der Waals surface area contributed by atoms with Crippen molar-refractivity contribution in [2.75, 3.05) is 20.2 Å². The molecule has 0 spiro atoms. The molecule has 0 bridgehead atoms. The first-order valence-electron chi connectivity index (χ1n) is 8.39. The van der Waals surface area contributed by atoms with Gasteiger partial charge < -0.3 is 14.4 Å². The number of hydrogen-bond acceptors (Lipinski definition) is 7. The highest BCUT2D eigenvalue weighted by atomic mass is 32.1. The first-order valence-corrected chi connectivity index (χ1v) is 9.27. The number of likely N-dealkylation sites (tertiary alicyclic amines) is 1. The Bertz CT molecular complexity index is 921. The van der Waals surface area contributed by atoms with Crippen molar-refractivity contribution in [1.82, 2.24) is 19.9 Å². The second-order valence-corrected chi connectivity index (χ2v) is 6.91. The molecule has 0 aliphatic carbocycles. The van der Waals surface area contributed by atoms with Crippen LogP contribution in [0.5, 0.6) is 11.9 Å². The van der Waals surface area contributed by atoms with Gasteiger partial charge in [-0.25, -0.2) is 9.97 Å². The lowest BCUT2D eigenvalue weighted by molar-refractivity contribution is 0.0587. The van der Waals surface area contributed by atoms with Crippen LogP contribution >= 0.6 is 11.3 Å². The topological polar surface area (TPSA) is 77.4 Å². The minimum Gasteiger partial charge on any atom is -0.474 e. The molecule has 3 heterocycles. The molecule has 1 saturated heterocycles. The van der Waals surface area contributed by atoms with Gasteiger partial charge in [0.15, 0.2) is 0 Å². The molecular formula is C18H18N4O3S. The third-order valence-electron chi connectivity index (χ3n) is 4.39. The fourth-order valence-electron chi connectivity index (χ4n) is 3.01. The maximum atomic E-state index is 12.7. The highest BCUT2D eigenvalue weighted by Crippen LogP contribution is 2.23. The Hall–Kier alpha value is -2.74. The monoisotopic (exact) mass is 370 g/mol. The van der Waals surface area contributed by atoms with Gasteiger partial charge in [-0.05, 0) is 18.2 Å². The van der Waals surface area contributed by atoms with Crippen molar-refractivity contribution in [1.29, 1.82) is 0 Å². The molecule has 1 amide bonds. The lowest BCUT2D eigenvalue weighted by atomic mass is 10.1. The zero-order valence-corrected chi connectivity index (χ0v) is 15.1. The van der Waals surface area contributed by atoms with Crippen LogP contribution in [0, 0.1) is 0 Å². The Kier molecular flexibility index (Phi) is 4.66. The minimum atomic E-state index is 0.0302. The maximum absolute atomic E-state index is 12.7. The number of ether oxygens (including phenoxy) is 2. The van der Waals surface area contributed by atoms with Gasteiger partial charge in [-0.1, -0.05) is 0 Å². The summed E-state index contributed by atoms with van der Waals surface area (Å²) < 4.78 is 11.9. The number of carbonyl (C=O) groups is 1. The second-order valence-electron chi connectivity index (χ2n) is 6.03. The maximum Gasteiger partial charge on any atom is 0.319 e. The SMILES string of the molecule is COc1nccc(OC2CCN(C(=O)c3ccc4ncsc4c3)CC2)n1. The number of methoxy groups -OCH3 is 1. The highest BCUT2D eigenvalue weighted by Gasteiger charge is 2.25. The van der Waals surface area contributed by atoms with E-state index in [2.05, 4.69) is 15.0 Å². The quantitative estimate of drug-likeness (QED) is 0.703. The Morgan fingerprint density at radius 2 is 2.08 bits per heavy atom. The third kappa shape index (κ3) is 3.45. The summed E-state index contributed by atoms with van der Waals surface area (Å²) in [5.41, 5.74) is 3.43. The van der Waals surface area contributed by atoms with Crippen LogP contribution in [0.15, 0.2) is 36.0 Å². The number of benzene rings is 1. The van der Waals surface area contributed by atoms with Gasteiger partial charge in [-0.2, -0.15) is 4.98 Å². The van der Waals surface area contributed by atoms with E-state index in [4.69, 9.17) is 9.47 Å². The average Bonchev–Trinajstić information content (AvgIpc) is 3.16. The Labute approximate surface area is 154 Å². The zero-order chi connectivity index (χ0) is 17.9. The molecule has 2 aromatic heterocycles. The van der Waals surface area contributed by atoms with Gasteiger partial charge in [0.25, 0.3) is 5.91 Å². The molecule has 0 radical (unpaired) electrons. The predicted molar refractivity (Wildman–Crippen MR) is 97.8 cm³/mol. The van der Waals surface area contributed by atoms with Crippen molar-refractivity contribution >= 4 is 27.5 Å². The molecule has 1 fully saturated rings. The molecule has 0 unspecified atom stereocenters. The van der Waals surface area contributed by atoms with E-state index >= 15 is 0 Å². The van der Waals surface area contributed by atoms with E-state index in [0.29, 0.717) is 24.5 Å². The van der Waals surface area contributed by atoms with Crippen molar-refractivity contribution in [2.45, 2.75) is 18.9 Å². The van der Waals surface area contributed by atoms with Gasteiger partial charge in [0.05, 0.1) is 22.8 Å². The molecule has 0 saturated carbocycles. The van der Waals surface area contributed by atoms with Gasteiger partial charge in [0.1, 0.15) is 6.10 Å². The summed E-state index contributed by atoms with van der Waals surface area (Å²) in [7, 11) is 1.52. The first kappa shape index (κ1) is 16.7. The molecule has 0 N–H and O–H groups in total. The van der Waals surface area contributed by atoms with Crippen LogP contribution in [0.4, 0.5) is 0 Å². The fraction of sp³-hybridized carbons (Fsp3) is 0.333. The van der Waals surface area contributed by atoms with Crippen molar-refractivity contribution < 1.29 is 14.3 Å². The summed E-state index contributed by atoms with van der Waals surface area (Å²) in [6.45, 7) is 1.32. The van der Waals surface area contributed by atoms with E-state index in [0.717, 1.165) is 23.1 Å². The van der Waals surface area contributed by atoms with E-state index in [1.807, 2.05) is 23.1 Å². The summed E-state index contributed by atoms with van der Waals surface area (Å²) in [6.07, 6.45) is 3.17. The summed E-state index contributed by atoms with van der Waals surface area (Å²) in [4.78, 5) is 27.0. The lowest BCUT2D eigenvalue weighted by Crippen LogP contribution is -2.41. The number of rotatable bonds is 4. The van der Waals surface area contributed by atoms with Gasteiger partial charge in [0.2, 0.25) is 5.88 Å². The Morgan fingerprint density at radius 3 is 2.88 bits per heavy atom. The summed E-state index contributed by atoms with van der Waals surface area (Å²) >= 11 is 1.55. The molecule has 4 rings (SSSR count). The first-order chi connectivity index (χ1) is 12.7. The van der Waals surface area contributed by atoms with Crippen molar-refractivity contribution in [3.8, 4) is 11.9 Å². The Morgan fingerprint density at radius 1 is 1.23 bits per heavy atom. The summed E-state index contributed by atoms with van der Waals surface area (Å²) in [5.74, 6) is 0.555. The molecule has 134 valence electrons. The molecule has 26 heavy (non-hydrogen) atoms. The number of aromatic nitrogens is 3. The van der Waals surface area contributed by atoms with Gasteiger partial charge in [-0.3, -0.25) is 4.79 Å². The van der Waals surface area contributed by atoms with E-state index in [1.165, 1.54) is 7.11 Å². The van der Waals surface area contributed by atoms with Gasteiger partial charge in [0, 0.05) is 43.8 Å². The summed E-state index contributed by atoms with van der Waals surface area (Å²) in [6, 6.07) is 7.67. The molecule has 1 aliphatic rings. The third-order valence-corrected chi connectivity index (χ3v) is 5.18. The number of nitrogens with zero attached hydrogens (tertiary/aromatic N) is 4. The van der Waals surface area contributed by atoms with Crippen LogP contribution in [-0.2, 0) is 0 Å². The van der Waals surface area contributed by atoms with E-state index < -0.39 is 0 Å². The minimum absolute atomic E-state index is 0.0302. The molecule has 8 heteroatoms. The molecule has 7 nitrogen and oxygen atoms in total. The number of fused-ring (bicyclic) bond motifs is 1. The molecule has 1 aliphatic heterocycles. The van der Waals surface area contributed by atoms with Crippen molar-refractivity contribution in [3.05, 3.63) is 41.5 Å². The van der Waals surface area contributed by atoms with Gasteiger partial charge >= 0.3 is 6.01 Å². The average molecular weight is 370 g/mol. The van der Waals surface area contributed by atoms with Crippen LogP contribution in [0.1, 0.15) is 23.2 Å². The zero-order valence-electron chi connectivity index (χ0n) is 14.3. The molecular weight excluding hydrogens is 352 g/mol. The van der Waals surface area contributed by atoms with Crippen LogP contribution in [0.2, 0.25) is 0 Å². The second kappa shape index (κ2) is 7.25. The molecule has 0 atom stereocenters. The van der Waals surface area contributed by atoms with E-state index in [-0.39, 0.29) is 18.0 Å². The van der Waals surface area contributed by atoms with Crippen LogP contribution in [-0.4, -0.2) is 52.1 Å². The fourth-order valence-corrected chi connectivity index (χ4v) is 3.72. The normalized spacial score (nSPS) is 15.2. The van der Waals surface area contributed by atoms with Crippen LogP contribution < -0.4 is 9.47 Å². The van der Waals surface area contributed by atoms with E-state index in [1.54, 1.807) is 29.1 Å². The number of amides is 1. The number of carbonyl (C=O) groups excluding carboxylic acids is 1. The van der Waals surface area contributed by atoms with Crippen LogP contribution in [0.25, 0.3) is 10.2 Å². The highest BCUT2D eigenvalue weighted by molar-refractivity contribution is 7.16. The van der Waals surface area contributed by atoms with Crippen LogP contribution in [0.3, 0.4) is 0 Å². The smallest absolute Gasteiger partial charge is 0.319 e. The van der Waals surface area contributed by atoms with Gasteiger partial charge in [-0.15, -0.1) is 11.3 Å². The van der Waals surface area contributed by atoms with E-state index in [9.17, 15) is 4.79 Å². The van der Waals surface area contributed by atoms with Crippen molar-refractivity contribution in [3.63, 3.8) is 0 Å². The molecule has 3 aromatic rings. The number of hydrogen-bond donors (Lipinski definition) is 0. The Balaban J connectivity index is 1.37. The standard InChI is InChI=1S/C18H18N4O3S/c1-24-18-19-7-4-16(21-18)25-13-5-8-22(9-6-13)17(23)12-2-3-14-15(10-12)26-11-20-14/h2-4,7,10-11,13H,5-6,8-9H2,1H3. The van der Waals surface area contributed by atoms with Crippen molar-refractivity contribution in [2.24, 2.45) is 0 Å². The predicted octanol–water partition coefficient (Wildman–Crippen LogP) is 2.78. The number of piperidine rings is 1. The molecule has 1 aromatic carbocycles. The largest absolute Gasteiger partial charge is 0.474 e. The summed E-state index contributed by atoms with van der Waals surface area (Å²) in [5, 5.41) is 0. The lowest BCUT2D eigenvalue weighted by Gasteiger charge is -2.32. The number of thiazole rings is 1.